The number of rotatable bonds is 5. The largest absolute Gasteiger partial charge is 0.494 e. The van der Waals surface area contributed by atoms with Crippen molar-refractivity contribution < 1.29 is 14.3 Å². The Morgan fingerprint density at radius 2 is 2.12 bits per heavy atom. The van der Waals surface area contributed by atoms with Crippen LogP contribution in [0.25, 0.3) is 0 Å². The average molecular weight is 222 g/mol. The summed E-state index contributed by atoms with van der Waals surface area (Å²) in [6.07, 6.45) is 1.05. The molecule has 0 aliphatic carbocycles. The molecule has 0 aliphatic heterocycles. The number of aryl methyl sites for hydroxylation is 2. The topological polar surface area (TPSA) is 35.5 Å². The Balaban J connectivity index is 2.75. The Morgan fingerprint density at radius 3 is 2.75 bits per heavy atom. The van der Waals surface area contributed by atoms with E-state index in [-0.39, 0.29) is 5.97 Å². The molecule has 0 N–H and O–H groups in total. The quantitative estimate of drug-likeness (QED) is 0.718. The maximum Gasteiger partial charge on any atom is 0.305 e. The van der Waals surface area contributed by atoms with E-state index in [1.165, 1.54) is 12.7 Å². The van der Waals surface area contributed by atoms with E-state index in [0.717, 1.165) is 11.3 Å². The number of hydrogen-bond donors (Lipinski definition) is 0. The molecule has 0 spiro atoms. The highest BCUT2D eigenvalue weighted by atomic mass is 16.5. The van der Waals surface area contributed by atoms with Crippen LogP contribution in [0.2, 0.25) is 0 Å². The predicted octanol–water partition coefficient (Wildman–Crippen LogP) is 2.50. The summed E-state index contributed by atoms with van der Waals surface area (Å²) in [5.41, 5.74) is 2.23. The fourth-order valence-corrected chi connectivity index (χ4v) is 1.54. The first-order valence-electron chi connectivity index (χ1n) is 5.46. The number of carbonyl (C=O) groups excluding carboxylic acids is 1. The van der Waals surface area contributed by atoms with Gasteiger partial charge in [0.15, 0.2) is 0 Å². The van der Waals surface area contributed by atoms with Crippen LogP contribution in [0.15, 0.2) is 18.2 Å². The second kappa shape index (κ2) is 6.16. The monoisotopic (exact) mass is 222 g/mol. The lowest BCUT2D eigenvalue weighted by molar-refractivity contribution is -0.140. The summed E-state index contributed by atoms with van der Waals surface area (Å²) in [5.74, 6) is 0.668. The Kier molecular flexibility index (Phi) is 4.83. The number of hydrogen-bond acceptors (Lipinski definition) is 3. The lowest BCUT2D eigenvalue weighted by Crippen LogP contribution is -2.04. The van der Waals surface area contributed by atoms with Crippen molar-refractivity contribution in [2.24, 2.45) is 0 Å². The van der Waals surface area contributed by atoms with Gasteiger partial charge in [0.05, 0.1) is 13.7 Å². The molecule has 3 heteroatoms. The SMILES string of the molecule is CCOc1ccc(C)cc1CCC(=O)OC. The highest BCUT2D eigenvalue weighted by Crippen LogP contribution is 2.21. The molecule has 16 heavy (non-hydrogen) atoms. The van der Waals surface area contributed by atoms with Crippen molar-refractivity contribution in [3.05, 3.63) is 29.3 Å². The molecule has 0 unspecified atom stereocenters. The maximum atomic E-state index is 11.1. The van der Waals surface area contributed by atoms with Gasteiger partial charge >= 0.3 is 5.97 Å². The summed E-state index contributed by atoms with van der Waals surface area (Å²) in [6.45, 7) is 4.61. The van der Waals surface area contributed by atoms with Crippen molar-refractivity contribution in [2.45, 2.75) is 26.7 Å². The van der Waals surface area contributed by atoms with Crippen molar-refractivity contribution >= 4 is 5.97 Å². The molecular formula is C13H18O3. The Hall–Kier alpha value is -1.51. The smallest absolute Gasteiger partial charge is 0.305 e. The molecule has 0 amide bonds. The number of esters is 1. The second-order valence-electron chi connectivity index (χ2n) is 3.62. The summed E-state index contributed by atoms with van der Waals surface area (Å²) < 4.78 is 10.1. The zero-order chi connectivity index (χ0) is 12.0. The van der Waals surface area contributed by atoms with Crippen LogP contribution >= 0.6 is 0 Å². The third kappa shape index (κ3) is 3.57. The standard InChI is InChI=1S/C13H18O3/c1-4-16-12-7-5-10(2)9-11(12)6-8-13(14)15-3/h5,7,9H,4,6,8H2,1-3H3. The first-order valence-corrected chi connectivity index (χ1v) is 5.46. The first kappa shape index (κ1) is 12.6. The van der Waals surface area contributed by atoms with E-state index >= 15 is 0 Å². The molecule has 0 aliphatic rings. The Bertz CT molecular complexity index is 358. The van der Waals surface area contributed by atoms with E-state index in [0.29, 0.717) is 19.4 Å². The molecule has 0 radical (unpaired) electrons. The fourth-order valence-electron chi connectivity index (χ4n) is 1.54. The Labute approximate surface area is 96.4 Å². The van der Waals surface area contributed by atoms with Crippen LogP contribution in [-0.2, 0) is 16.0 Å². The second-order valence-corrected chi connectivity index (χ2v) is 3.62. The van der Waals surface area contributed by atoms with Gasteiger partial charge in [0, 0.05) is 6.42 Å². The van der Waals surface area contributed by atoms with Crippen LogP contribution in [-0.4, -0.2) is 19.7 Å². The van der Waals surface area contributed by atoms with Gasteiger partial charge in [-0.05, 0) is 31.9 Å². The minimum absolute atomic E-state index is 0.191. The number of methoxy groups -OCH3 is 1. The highest BCUT2D eigenvalue weighted by Gasteiger charge is 2.07. The van der Waals surface area contributed by atoms with E-state index < -0.39 is 0 Å². The van der Waals surface area contributed by atoms with Crippen LogP contribution in [0.1, 0.15) is 24.5 Å². The van der Waals surface area contributed by atoms with Gasteiger partial charge < -0.3 is 9.47 Å². The van der Waals surface area contributed by atoms with Crippen molar-refractivity contribution in [1.82, 2.24) is 0 Å². The molecule has 1 aromatic carbocycles. The van der Waals surface area contributed by atoms with Gasteiger partial charge in [-0.3, -0.25) is 4.79 Å². The molecule has 0 atom stereocenters. The molecule has 0 bridgehead atoms. The van der Waals surface area contributed by atoms with Crippen molar-refractivity contribution in [2.75, 3.05) is 13.7 Å². The molecule has 1 aromatic rings. The summed E-state index contributed by atoms with van der Waals surface area (Å²) >= 11 is 0. The predicted molar refractivity (Wildman–Crippen MR) is 62.7 cm³/mol. The van der Waals surface area contributed by atoms with Gasteiger partial charge in [-0.1, -0.05) is 17.7 Å². The molecule has 0 aromatic heterocycles. The van der Waals surface area contributed by atoms with Crippen molar-refractivity contribution in [3.63, 3.8) is 0 Å². The van der Waals surface area contributed by atoms with E-state index in [4.69, 9.17) is 4.74 Å². The van der Waals surface area contributed by atoms with Gasteiger partial charge in [-0.2, -0.15) is 0 Å². The molecule has 0 fully saturated rings. The fraction of sp³-hybridized carbons (Fsp3) is 0.462. The zero-order valence-electron chi connectivity index (χ0n) is 10.1. The lowest BCUT2D eigenvalue weighted by atomic mass is 10.1. The minimum Gasteiger partial charge on any atom is -0.494 e. The van der Waals surface area contributed by atoms with E-state index in [1.54, 1.807) is 0 Å². The third-order valence-electron chi connectivity index (χ3n) is 2.34. The van der Waals surface area contributed by atoms with Gasteiger partial charge in [-0.25, -0.2) is 0 Å². The first-order chi connectivity index (χ1) is 7.67. The Morgan fingerprint density at radius 1 is 1.38 bits per heavy atom. The van der Waals surface area contributed by atoms with Gasteiger partial charge in [0.25, 0.3) is 0 Å². The third-order valence-corrected chi connectivity index (χ3v) is 2.34. The normalized spacial score (nSPS) is 9.94. The van der Waals surface area contributed by atoms with Gasteiger partial charge in [-0.15, -0.1) is 0 Å². The minimum atomic E-state index is -0.191. The summed E-state index contributed by atoms with van der Waals surface area (Å²) in [5, 5.41) is 0. The maximum absolute atomic E-state index is 11.1. The molecular weight excluding hydrogens is 204 g/mol. The molecule has 1 rings (SSSR count). The van der Waals surface area contributed by atoms with Crippen LogP contribution in [0, 0.1) is 6.92 Å². The van der Waals surface area contributed by atoms with E-state index in [2.05, 4.69) is 4.74 Å². The van der Waals surface area contributed by atoms with E-state index in [9.17, 15) is 4.79 Å². The molecule has 0 saturated heterocycles. The molecule has 88 valence electrons. The number of benzene rings is 1. The van der Waals surface area contributed by atoms with Gasteiger partial charge in [0.2, 0.25) is 0 Å². The molecule has 0 saturated carbocycles. The van der Waals surface area contributed by atoms with Crippen LogP contribution in [0.5, 0.6) is 5.75 Å². The van der Waals surface area contributed by atoms with Crippen molar-refractivity contribution in [3.8, 4) is 5.75 Å². The van der Waals surface area contributed by atoms with Crippen LogP contribution in [0.3, 0.4) is 0 Å². The summed E-state index contributed by atoms with van der Waals surface area (Å²) in [6, 6.07) is 6.01. The number of ether oxygens (including phenoxy) is 2. The van der Waals surface area contributed by atoms with Crippen molar-refractivity contribution in [1.29, 1.82) is 0 Å². The molecule has 3 nitrogen and oxygen atoms in total. The lowest BCUT2D eigenvalue weighted by Gasteiger charge is -2.10. The average Bonchev–Trinajstić information content (AvgIpc) is 2.29. The van der Waals surface area contributed by atoms with Crippen LogP contribution < -0.4 is 4.74 Å². The number of carbonyl (C=O) groups is 1. The zero-order valence-corrected chi connectivity index (χ0v) is 10.1. The molecule has 0 heterocycles. The summed E-state index contributed by atoms with van der Waals surface area (Å²) in [4.78, 5) is 11.1. The summed E-state index contributed by atoms with van der Waals surface area (Å²) in [7, 11) is 1.40. The highest BCUT2D eigenvalue weighted by molar-refractivity contribution is 5.69. The van der Waals surface area contributed by atoms with Gasteiger partial charge in [0.1, 0.15) is 5.75 Å². The van der Waals surface area contributed by atoms with E-state index in [1.807, 2.05) is 32.0 Å². The van der Waals surface area contributed by atoms with Crippen LogP contribution in [0.4, 0.5) is 0 Å².